The lowest BCUT2D eigenvalue weighted by Crippen LogP contribution is -2.60. The van der Waals surface area contributed by atoms with Gasteiger partial charge in [0, 0.05) is 31.9 Å². The van der Waals surface area contributed by atoms with Crippen LogP contribution in [0.25, 0.3) is 0 Å². The van der Waals surface area contributed by atoms with Crippen LogP contribution in [0.3, 0.4) is 0 Å². The molecule has 1 saturated heterocycles. The van der Waals surface area contributed by atoms with Crippen molar-refractivity contribution in [3.63, 3.8) is 0 Å². The first kappa shape index (κ1) is 26.6. The Morgan fingerprint density at radius 1 is 1.24 bits per heavy atom. The van der Waals surface area contributed by atoms with Crippen molar-refractivity contribution in [1.29, 1.82) is 0 Å². The number of carboxylic acids is 1. The van der Waals surface area contributed by atoms with E-state index >= 15 is 0 Å². The molecule has 4 atom stereocenters. The fraction of sp³-hybridized carbons (Fsp3) is 0.739. The van der Waals surface area contributed by atoms with Gasteiger partial charge in [-0.15, -0.1) is 0 Å². The summed E-state index contributed by atoms with van der Waals surface area (Å²) in [5.41, 5.74) is 11.4. The number of amides is 1. The maximum atomic E-state index is 12.3. The van der Waals surface area contributed by atoms with Crippen LogP contribution < -0.4 is 16.8 Å². The Labute approximate surface area is 195 Å². The number of nitrogens with zero attached hydrogens (tertiary/aromatic N) is 2. The molecule has 1 amide bonds. The molecule has 10 heteroatoms. The van der Waals surface area contributed by atoms with E-state index in [1.165, 1.54) is 13.3 Å². The number of likely N-dealkylation sites (tertiary alicyclic amines) is 1. The smallest absolute Gasteiger partial charge is 0.331 e. The van der Waals surface area contributed by atoms with Gasteiger partial charge >= 0.3 is 11.9 Å². The topological polar surface area (TPSA) is 160 Å². The van der Waals surface area contributed by atoms with E-state index in [0.717, 1.165) is 38.5 Å². The second-order valence-corrected chi connectivity index (χ2v) is 8.95. The van der Waals surface area contributed by atoms with Gasteiger partial charge in [-0.3, -0.25) is 14.5 Å². The number of unbranched alkanes of at least 4 members (excludes halogenated alkanes) is 4. The standard InChI is InChI=1S/C23H39N5O5/c1-3-4-5-6-7-10-20(30)33-17-9-8-11-28(14-17)19-13-16(22(31)32)12-18(27-23(24)25)21(19)26-15(2)29/h13,17-19,21H,3-12,14H2,1-2H3,(H,26,29)(H,31,32)(H4,24,25,27)/t17?,18-,19+,21+/m0/s1. The molecule has 0 saturated carbocycles. The fourth-order valence-electron chi connectivity index (χ4n) is 4.63. The third-order valence-electron chi connectivity index (χ3n) is 6.16. The average Bonchev–Trinajstić information content (AvgIpc) is 2.74. The molecule has 0 radical (unpaired) electrons. The highest BCUT2D eigenvalue weighted by Gasteiger charge is 2.40. The summed E-state index contributed by atoms with van der Waals surface area (Å²) in [6.45, 7) is 4.70. The summed E-state index contributed by atoms with van der Waals surface area (Å²) in [5.74, 6) is -1.65. The number of hydrogen-bond donors (Lipinski definition) is 4. The number of nitrogens with two attached hydrogens (primary N) is 2. The molecule has 1 fully saturated rings. The first-order valence-corrected chi connectivity index (χ1v) is 11.9. The molecule has 6 N–H and O–H groups in total. The van der Waals surface area contributed by atoms with E-state index < -0.39 is 24.1 Å². The van der Waals surface area contributed by atoms with Gasteiger partial charge in [0.05, 0.1) is 18.1 Å². The summed E-state index contributed by atoms with van der Waals surface area (Å²) in [5, 5.41) is 12.5. The second kappa shape index (κ2) is 13.2. The van der Waals surface area contributed by atoms with E-state index in [1.54, 1.807) is 6.08 Å². The predicted octanol–water partition coefficient (Wildman–Crippen LogP) is 1.28. The van der Waals surface area contributed by atoms with E-state index in [4.69, 9.17) is 16.2 Å². The van der Waals surface area contributed by atoms with Crippen molar-refractivity contribution in [1.82, 2.24) is 10.2 Å². The number of esters is 1. The van der Waals surface area contributed by atoms with Crippen molar-refractivity contribution in [2.75, 3.05) is 13.1 Å². The number of aliphatic carboxylic acids is 1. The maximum absolute atomic E-state index is 12.3. The Hall–Kier alpha value is -2.62. The van der Waals surface area contributed by atoms with Crippen molar-refractivity contribution >= 4 is 23.8 Å². The third kappa shape index (κ3) is 8.68. The molecular weight excluding hydrogens is 426 g/mol. The molecule has 2 aliphatic rings. The molecule has 1 aliphatic carbocycles. The summed E-state index contributed by atoms with van der Waals surface area (Å²) < 4.78 is 5.73. The largest absolute Gasteiger partial charge is 0.478 e. The molecule has 0 spiro atoms. The normalized spacial score (nSPS) is 25.6. The summed E-state index contributed by atoms with van der Waals surface area (Å²) in [4.78, 5) is 42.3. The first-order valence-electron chi connectivity index (χ1n) is 11.9. The van der Waals surface area contributed by atoms with Gasteiger partial charge in [0.2, 0.25) is 5.91 Å². The molecule has 1 unspecified atom stereocenters. The highest BCUT2D eigenvalue weighted by molar-refractivity contribution is 5.87. The fourth-order valence-corrected chi connectivity index (χ4v) is 4.63. The lowest BCUT2D eigenvalue weighted by atomic mass is 9.85. The number of carbonyl (C=O) groups excluding carboxylic acids is 2. The quantitative estimate of drug-likeness (QED) is 0.154. The molecular formula is C23H39N5O5. The highest BCUT2D eigenvalue weighted by Crippen LogP contribution is 2.28. The average molecular weight is 466 g/mol. The van der Waals surface area contributed by atoms with Gasteiger partial charge < -0.3 is 26.6 Å². The zero-order valence-corrected chi connectivity index (χ0v) is 19.8. The van der Waals surface area contributed by atoms with Gasteiger partial charge in [-0.1, -0.05) is 38.7 Å². The van der Waals surface area contributed by atoms with Crippen LogP contribution in [0.2, 0.25) is 0 Å². The number of carbonyl (C=O) groups is 3. The molecule has 0 aromatic heterocycles. The molecule has 0 bridgehead atoms. The van der Waals surface area contributed by atoms with E-state index in [1.807, 2.05) is 0 Å². The van der Waals surface area contributed by atoms with Crippen LogP contribution in [0.4, 0.5) is 0 Å². The summed E-state index contributed by atoms with van der Waals surface area (Å²) in [6, 6.07) is -1.54. The molecule has 186 valence electrons. The minimum Gasteiger partial charge on any atom is -0.478 e. The van der Waals surface area contributed by atoms with Gasteiger partial charge in [0.1, 0.15) is 6.10 Å². The van der Waals surface area contributed by atoms with Gasteiger partial charge in [0.15, 0.2) is 5.96 Å². The van der Waals surface area contributed by atoms with Gasteiger partial charge in [-0.05, 0) is 25.8 Å². The van der Waals surface area contributed by atoms with E-state index in [-0.39, 0.29) is 35.9 Å². The molecule has 33 heavy (non-hydrogen) atoms. The van der Waals surface area contributed by atoms with Crippen LogP contribution in [0, 0.1) is 0 Å². The summed E-state index contributed by atoms with van der Waals surface area (Å²) >= 11 is 0. The van der Waals surface area contributed by atoms with Crippen molar-refractivity contribution < 1.29 is 24.2 Å². The van der Waals surface area contributed by atoms with E-state index in [9.17, 15) is 19.5 Å². The second-order valence-electron chi connectivity index (χ2n) is 8.95. The van der Waals surface area contributed by atoms with Gasteiger partial charge in [-0.25, -0.2) is 9.79 Å². The van der Waals surface area contributed by atoms with Crippen molar-refractivity contribution in [3.05, 3.63) is 11.6 Å². The summed E-state index contributed by atoms with van der Waals surface area (Å²) in [7, 11) is 0. The maximum Gasteiger partial charge on any atom is 0.331 e. The lowest BCUT2D eigenvalue weighted by molar-refractivity contribution is -0.152. The number of rotatable bonds is 11. The first-order chi connectivity index (χ1) is 15.7. The Morgan fingerprint density at radius 2 is 1.97 bits per heavy atom. The molecule has 1 aliphatic heterocycles. The molecule has 0 aromatic rings. The number of hydrogen-bond acceptors (Lipinski definition) is 6. The van der Waals surface area contributed by atoms with Crippen LogP contribution in [0.5, 0.6) is 0 Å². The predicted molar refractivity (Wildman–Crippen MR) is 125 cm³/mol. The lowest BCUT2D eigenvalue weighted by Gasteiger charge is -2.44. The number of piperidine rings is 1. The van der Waals surface area contributed by atoms with Crippen molar-refractivity contribution in [2.45, 2.75) is 95.9 Å². The zero-order valence-electron chi connectivity index (χ0n) is 19.8. The SMILES string of the molecule is CCCCCCCC(=O)OC1CCCN([C@@H]2C=C(C(=O)O)C[C@H](N=C(N)N)[C@H]2NC(C)=O)C1. The Balaban J connectivity index is 2.10. The Bertz CT molecular complexity index is 750. The minimum atomic E-state index is -1.04. The third-order valence-corrected chi connectivity index (χ3v) is 6.16. The Morgan fingerprint density at radius 3 is 2.61 bits per heavy atom. The molecule has 10 nitrogen and oxygen atoms in total. The minimum absolute atomic E-state index is 0.110. The van der Waals surface area contributed by atoms with E-state index in [2.05, 4.69) is 22.1 Å². The summed E-state index contributed by atoms with van der Waals surface area (Å²) in [6.07, 6.45) is 8.77. The van der Waals surface area contributed by atoms with E-state index in [0.29, 0.717) is 19.5 Å². The van der Waals surface area contributed by atoms with Gasteiger partial charge in [-0.2, -0.15) is 0 Å². The number of nitrogens with one attached hydrogen (secondary N) is 1. The monoisotopic (exact) mass is 465 g/mol. The van der Waals surface area contributed by atoms with Crippen molar-refractivity contribution in [2.24, 2.45) is 16.5 Å². The van der Waals surface area contributed by atoms with Crippen molar-refractivity contribution in [3.8, 4) is 0 Å². The number of guanidine groups is 1. The van der Waals surface area contributed by atoms with Crippen LogP contribution >= 0.6 is 0 Å². The van der Waals surface area contributed by atoms with Crippen LogP contribution in [-0.2, 0) is 19.1 Å². The Kier molecular flexibility index (Phi) is 10.6. The highest BCUT2D eigenvalue weighted by atomic mass is 16.5. The van der Waals surface area contributed by atoms with Crippen LogP contribution in [0.15, 0.2) is 16.6 Å². The number of aliphatic imine (C=N–C) groups is 1. The molecule has 1 heterocycles. The van der Waals surface area contributed by atoms with Crippen LogP contribution in [0.1, 0.15) is 71.6 Å². The van der Waals surface area contributed by atoms with Gasteiger partial charge in [0.25, 0.3) is 0 Å². The number of carboxylic acid groups (broad SMARTS) is 1. The molecule has 2 rings (SSSR count). The van der Waals surface area contributed by atoms with Crippen LogP contribution in [-0.4, -0.2) is 71.1 Å². The number of ether oxygens (including phenoxy) is 1. The zero-order chi connectivity index (χ0) is 24.4. The molecule has 0 aromatic carbocycles.